The number of benzene rings is 2. The van der Waals surface area contributed by atoms with E-state index < -0.39 is 10.0 Å². The number of carbonyl (C=O) groups excluding carboxylic acids is 1. The highest BCUT2D eigenvalue weighted by molar-refractivity contribution is 7.89. The summed E-state index contributed by atoms with van der Waals surface area (Å²) >= 11 is 0. The van der Waals surface area contributed by atoms with E-state index >= 15 is 0 Å². The normalized spacial score (nSPS) is 13.5. The molecule has 1 amide bonds. The molecule has 0 aliphatic carbocycles. The lowest BCUT2D eigenvalue weighted by molar-refractivity contribution is 0.0988. The third-order valence-electron chi connectivity index (χ3n) is 5.47. The molecule has 1 aliphatic rings. The molecule has 8 heteroatoms. The molecule has 0 bridgehead atoms. The highest BCUT2D eigenvalue weighted by Crippen LogP contribution is 2.32. The minimum absolute atomic E-state index is 0.197. The zero-order valence-corrected chi connectivity index (χ0v) is 18.3. The van der Waals surface area contributed by atoms with Crippen molar-refractivity contribution >= 4 is 21.6 Å². The Bertz CT molecular complexity index is 1190. The van der Waals surface area contributed by atoms with E-state index in [9.17, 15) is 13.2 Å². The van der Waals surface area contributed by atoms with Crippen molar-refractivity contribution in [3.63, 3.8) is 0 Å². The summed E-state index contributed by atoms with van der Waals surface area (Å²) < 4.78 is 27.0. The summed E-state index contributed by atoms with van der Waals surface area (Å²) in [5.41, 5.74) is 2.86. The summed E-state index contributed by atoms with van der Waals surface area (Å²) in [6, 6.07) is 14.6. The summed E-state index contributed by atoms with van der Waals surface area (Å²) in [5, 5.41) is 0. The van der Waals surface area contributed by atoms with Crippen LogP contribution in [0.5, 0.6) is 0 Å². The Kier molecular flexibility index (Phi) is 5.84. The molecule has 2 heterocycles. The largest absolute Gasteiger partial charge is 0.308 e. The summed E-state index contributed by atoms with van der Waals surface area (Å²) in [7, 11) is -3.53. The molecule has 0 saturated heterocycles. The summed E-state index contributed by atoms with van der Waals surface area (Å²) in [6.45, 7) is 4.96. The van der Waals surface area contributed by atoms with Crippen LogP contribution in [0.2, 0.25) is 0 Å². The van der Waals surface area contributed by atoms with Crippen LogP contribution in [0.25, 0.3) is 11.4 Å². The van der Waals surface area contributed by atoms with E-state index in [1.807, 2.05) is 44.2 Å². The minimum atomic E-state index is -3.53. The zero-order chi connectivity index (χ0) is 22.0. The first-order chi connectivity index (χ1) is 15.0. The molecule has 4 rings (SSSR count). The molecule has 2 aromatic carbocycles. The highest BCUT2D eigenvalue weighted by atomic mass is 32.2. The summed E-state index contributed by atoms with van der Waals surface area (Å²) in [6.07, 6.45) is 3.68. The lowest BCUT2D eigenvalue weighted by Crippen LogP contribution is -2.31. The Morgan fingerprint density at radius 2 is 1.71 bits per heavy atom. The van der Waals surface area contributed by atoms with Crippen LogP contribution in [0.1, 0.15) is 29.8 Å². The predicted octanol–water partition coefficient (Wildman–Crippen LogP) is 3.38. The number of sulfonamides is 1. The van der Waals surface area contributed by atoms with Crippen molar-refractivity contribution in [2.75, 3.05) is 24.5 Å². The maximum absolute atomic E-state index is 13.1. The maximum Gasteiger partial charge on any atom is 0.261 e. The monoisotopic (exact) mass is 436 g/mol. The number of hydrogen-bond donors (Lipinski definition) is 0. The van der Waals surface area contributed by atoms with Gasteiger partial charge in [0, 0.05) is 43.3 Å². The first kappa shape index (κ1) is 21.1. The lowest BCUT2D eigenvalue weighted by atomic mass is 10.2. The van der Waals surface area contributed by atoms with Gasteiger partial charge in [-0.1, -0.05) is 44.2 Å². The molecule has 31 heavy (non-hydrogen) atoms. The number of hydrogen-bond acceptors (Lipinski definition) is 5. The standard InChI is InChI=1S/C23H24N4O3S/c1-3-26(4-2)31(29,30)20-10-11-21-18(14-20)12-13-27(21)23(28)19-15-24-22(25-16-19)17-8-6-5-7-9-17/h5-11,14-16H,3-4,12-13H2,1-2H3. The fourth-order valence-corrected chi connectivity index (χ4v) is 5.30. The van der Waals surface area contributed by atoms with Gasteiger partial charge in [0.05, 0.1) is 10.5 Å². The number of nitrogens with zero attached hydrogens (tertiary/aromatic N) is 4. The predicted molar refractivity (Wildman–Crippen MR) is 119 cm³/mol. The van der Waals surface area contributed by atoms with Crippen molar-refractivity contribution in [1.29, 1.82) is 0 Å². The highest BCUT2D eigenvalue weighted by Gasteiger charge is 2.29. The molecular weight excluding hydrogens is 412 g/mol. The van der Waals surface area contributed by atoms with Gasteiger partial charge < -0.3 is 4.90 Å². The molecule has 0 unspecified atom stereocenters. The van der Waals surface area contributed by atoms with Gasteiger partial charge in [0.1, 0.15) is 0 Å². The van der Waals surface area contributed by atoms with E-state index in [1.54, 1.807) is 23.1 Å². The van der Waals surface area contributed by atoms with Crippen LogP contribution >= 0.6 is 0 Å². The fraction of sp³-hybridized carbons (Fsp3) is 0.261. The molecular formula is C23H24N4O3S. The van der Waals surface area contributed by atoms with Crippen LogP contribution in [-0.2, 0) is 16.4 Å². The molecule has 0 saturated carbocycles. The lowest BCUT2D eigenvalue weighted by Gasteiger charge is -2.20. The van der Waals surface area contributed by atoms with E-state index in [2.05, 4.69) is 9.97 Å². The third kappa shape index (κ3) is 3.96. The molecule has 160 valence electrons. The van der Waals surface area contributed by atoms with Gasteiger partial charge in [-0.2, -0.15) is 4.31 Å². The first-order valence-corrected chi connectivity index (χ1v) is 11.7. The van der Waals surface area contributed by atoms with Crippen molar-refractivity contribution in [1.82, 2.24) is 14.3 Å². The van der Waals surface area contributed by atoms with Gasteiger partial charge in [-0.15, -0.1) is 0 Å². The number of amides is 1. The van der Waals surface area contributed by atoms with E-state index in [4.69, 9.17) is 0 Å². The molecule has 0 radical (unpaired) electrons. The van der Waals surface area contributed by atoms with E-state index in [1.165, 1.54) is 16.7 Å². The molecule has 0 fully saturated rings. The molecule has 7 nitrogen and oxygen atoms in total. The van der Waals surface area contributed by atoms with Crippen molar-refractivity contribution < 1.29 is 13.2 Å². The van der Waals surface area contributed by atoms with Crippen molar-refractivity contribution in [3.05, 3.63) is 72.1 Å². The van der Waals surface area contributed by atoms with E-state index in [0.29, 0.717) is 37.4 Å². The molecule has 1 aliphatic heterocycles. The van der Waals surface area contributed by atoms with E-state index in [0.717, 1.165) is 16.8 Å². The number of rotatable bonds is 6. The summed E-state index contributed by atoms with van der Waals surface area (Å²) in [4.78, 5) is 23.7. The zero-order valence-electron chi connectivity index (χ0n) is 17.5. The number of carbonyl (C=O) groups is 1. The van der Waals surface area contributed by atoms with Crippen LogP contribution in [0.15, 0.2) is 65.8 Å². The van der Waals surface area contributed by atoms with Gasteiger partial charge in [0.2, 0.25) is 10.0 Å². The quantitative estimate of drug-likeness (QED) is 0.592. The number of anilines is 1. The Morgan fingerprint density at radius 3 is 2.35 bits per heavy atom. The topological polar surface area (TPSA) is 83.5 Å². The van der Waals surface area contributed by atoms with Gasteiger partial charge in [-0.25, -0.2) is 18.4 Å². The Balaban J connectivity index is 1.58. The Labute approximate surface area is 182 Å². The van der Waals surface area contributed by atoms with Crippen molar-refractivity contribution in [2.24, 2.45) is 0 Å². The number of fused-ring (bicyclic) bond motifs is 1. The molecule has 1 aromatic heterocycles. The van der Waals surface area contributed by atoms with E-state index in [-0.39, 0.29) is 10.8 Å². The van der Waals surface area contributed by atoms with Gasteiger partial charge in [0.15, 0.2) is 5.82 Å². The Morgan fingerprint density at radius 1 is 1.03 bits per heavy atom. The van der Waals surface area contributed by atoms with Gasteiger partial charge >= 0.3 is 0 Å². The molecule has 3 aromatic rings. The molecule has 0 spiro atoms. The second-order valence-electron chi connectivity index (χ2n) is 7.25. The van der Waals surface area contributed by atoms with Gasteiger partial charge in [-0.3, -0.25) is 4.79 Å². The van der Waals surface area contributed by atoms with Crippen LogP contribution < -0.4 is 4.90 Å². The van der Waals surface area contributed by atoms with Crippen LogP contribution in [-0.4, -0.2) is 48.2 Å². The minimum Gasteiger partial charge on any atom is -0.308 e. The van der Waals surface area contributed by atoms with Crippen LogP contribution in [0.3, 0.4) is 0 Å². The van der Waals surface area contributed by atoms with Crippen LogP contribution in [0.4, 0.5) is 5.69 Å². The van der Waals surface area contributed by atoms with Gasteiger partial charge in [-0.05, 0) is 30.2 Å². The summed E-state index contributed by atoms with van der Waals surface area (Å²) in [5.74, 6) is 0.364. The van der Waals surface area contributed by atoms with Crippen molar-refractivity contribution in [2.45, 2.75) is 25.2 Å². The molecule has 0 N–H and O–H groups in total. The third-order valence-corrected chi connectivity index (χ3v) is 7.51. The average molecular weight is 437 g/mol. The average Bonchev–Trinajstić information content (AvgIpc) is 3.23. The second-order valence-corrected chi connectivity index (χ2v) is 9.19. The first-order valence-electron chi connectivity index (χ1n) is 10.3. The molecule has 0 atom stereocenters. The SMILES string of the molecule is CCN(CC)S(=O)(=O)c1ccc2c(c1)CCN2C(=O)c1cnc(-c2ccccc2)nc1. The van der Waals surface area contributed by atoms with Crippen molar-refractivity contribution in [3.8, 4) is 11.4 Å². The second kappa shape index (κ2) is 8.56. The van der Waals surface area contributed by atoms with Gasteiger partial charge in [0.25, 0.3) is 5.91 Å². The Hall–Kier alpha value is -3.10. The fourth-order valence-electron chi connectivity index (χ4n) is 3.79. The number of aromatic nitrogens is 2. The van der Waals surface area contributed by atoms with Crippen LogP contribution in [0, 0.1) is 0 Å². The maximum atomic E-state index is 13.1. The smallest absolute Gasteiger partial charge is 0.261 e.